The molecule has 1 saturated heterocycles. The van der Waals surface area contributed by atoms with Crippen LogP contribution in [-0.2, 0) is 4.79 Å². The van der Waals surface area contributed by atoms with Gasteiger partial charge in [0.1, 0.15) is 0 Å². The summed E-state index contributed by atoms with van der Waals surface area (Å²) in [6.45, 7) is 4.94. The quantitative estimate of drug-likeness (QED) is 0.450. The Bertz CT molecular complexity index is 1100. The monoisotopic (exact) mass is 421 g/mol. The molecule has 1 amide bonds. The van der Waals surface area contributed by atoms with Gasteiger partial charge in [-0.25, -0.2) is 4.98 Å². The van der Waals surface area contributed by atoms with E-state index >= 15 is 0 Å². The largest absolute Gasteiger partial charge is 0.339 e. The van der Waals surface area contributed by atoms with Crippen LogP contribution in [-0.4, -0.2) is 38.7 Å². The molecule has 0 unspecified atom stereocenters. The molecule has 2 atom stereocenters. The van der Waals surface area contributed by atoms with E-state index in [9.17, 15) is 9.59 Å². The summed E-state index contributed by atoms with van der Waals surface area (Å²) in [6, 6.07) is 17.4. The van der Waals surface area contributed by atoms with Gasteiger partial charge in [0.25, 0.3) is 5.56 Å². The van der Waals surface area contributed by atoms with E-state index in [0.29, 0.717) is 16.1 Å². The zero-order valence-corrected chi connectivity index (χ0v) is 18.3. The first-order valence-electron chi connectivity index (χ1n) is 10.5. The molecule has 3 aromatic rings. The molecule has 156 valence electrons. The average Bonchev–Trinajstić information content (AvgIpc) is 2.78. The van der Waals surface area contributed by atoms with Crippen molar-refractivity contribution in [3.63, 3.8) is 0 Å². The Morgan fingerprint density at radius 1 is 1.13 bits per heavy atom. The summed E-state index contributed by atoms with van der Waals surface area (Å²) < 4.78 is 1.73. The maximum absolute atomic E-state index is 13.4. The molecule has 0 radical (unpaired) electrons. The third-order valence-corrected chi connectivity index (χ3v) is 6.83. The standard InChI is InChI=1S/C24H27N3O2S/c1-17-10-8-9-15-26(17)22(28)16-30-24-25-21-14-7-6-13-20(21)23(29)27(24)18(2)19-11-4-3-5-12-19/h3-7,11-14,17-18H,8-10,15-16H2,1-2H3/t17-,18-/m0/s1. The van der Waals surface area contributed by atoms with E-state index in [1.165, 1.54) is 18.2 Å². The molecule has 2 heterocycles. The molecular weight excluding hydrogens is 394 g/mol. The number of thioether (sulfide) groups is 1. The highest BCUT2D eigenvalue weighted by Gasteiger charge is 2.24. The van der Waals surface area contributed by atoms with Crippen LogP contribution >= 0.6 is 11.8 Å². The Morgan fingerprint density at radius 2 is 1.87 bits per heavy atom. The van der Waals surface area contributed by atoms with Crippen molar-refractivity contribution in [3.8, 4) is 0 Å². The number of hydrogen-bond donors (Lipinski definition) is 0. The van der Waals surface area contributed by atoms with Gasteiger partial charge in [-0.15, -0.1) is 0 Å². The number of rotatable bonds is 5. The van der Waals surface area contributed by atoms with Crippen molar-refractivity contribution in [1.29, 1.82) is 0 Å². The van der Waals surface area contributed by atoms with E-state index in [4.69, 9.17) is 4.98 Å². The maximum atomic E-state index is 13.4. The van der Waals surface area contributed by atoms with Gasteiger partial charge in [-0.1, -0.05) is 54.2 Å². The molecule has 1 aliphatic rings. The number of aromatic nitrogens is 2. The van der Waals surface area contributed by atoms with Gasteiger partial charge in [0, 0.05) is 12.6 Å². The summed E-state index contributed by atoms with van der Waals surface area (Å²) in [4.78, 5) is 33.0. The van der Waals surface area contributed by atoms with Crippen molar-refractivity contribution in [1.82, 2.24) is 14.5 Å². The molecule has 0 N–H and O–H groups in total. The van der Waals surface area contributed by atoms with Crippen molar-refractivity contribution in [2.24, 2.45) is 0 Å². The molecule has 0 bridgehead atoms. The molecule has 6 heteroatoms. The first-order chi connectivity index (χ1) is 14.6. The van der Waals surface area contributed by atoms with Gasteiger partial charge in [-0.2, -0.15) is 0 Å². The van der Waals surface area contributed by atoms with Crippen LogP contribution in [0.15, 0.2) is 64.5 Å². The number of piperidine rings is 1. The minimum atomic E-state index is -0.178. The Labute approximate surface area is 181 Å². The number of benzene rings is 2. The molecule has 30 heavy (non-hydrogen) atoms. The molecule has 0 spiro atoms. The first kappa shape index (κ1) is 20.7. The lowest BCUT2D eigenvalue weighted by Gasteiger charge is -2.33. The number of carbonyl (C=O) groups is 1. The Kier molecular flexibility index (Phi) is 6.23. The van der Waals surface area contributed by atoms with E-state index in [-0.39, 0.29) is 29.3 Å². The second kappa shape index (κ2) is 9.04. The molecule has 1 aromatic heterocycles. The summed E-state index contributed by atoms with van der Waals surface area (Å²) in [7, 11) is 0. The van der Waals surface area contributed by atoms with Gasteiger partial charge in [-0.05, 0) is 50.8 Å². The highest BCUT2D eigenvalue weighted by molar-refractivity contribution is 7.99. The van der Waals surface area contributed by atoms with Gasteiger partial charge in [0.05, 0.1) is 22.7 Å². The Balaban J connectivity index is 1.69. The van der Waals surface area contributed by atoms with E-state index in [0.717, 1.165) is 24.9 Å². The highest BCUT2D eigenvalue weighted by atomic mass is 32.2. The zero-order valence-electron chi connectivity index (χ0n) is 17.5. The lowest BCUT2D eigenvalue weighted by atomic mass is 10.0. The minimum absolute atomic E-state index is 0.0711. The van der Waals surface area contributed by atoms with Gasteiger partial charge < -0.3 is 4.90 Å². The molecule has 4 rings (SSSR count). The van der Waals surface area contributed by atoms with Gasteiger partial charge in [0.2, 0.25) is 5.91 Å². The second-order valence-electron chi connectivity index (χ2n) is 7.89. The average molecular weight is 422 g/mol. The summed E-state index contributed by atoms with van der Waals surface area (Å²) in [5.74, 6) is 0.407. The number of para-hydroxylation sites is 1. The SMILES string of the molecule is C[C@H]1CCCCN1C(=O)CSc1nc2ccccc2c(=O)n1[C@@H](C)c1ccccc1. The van der Waals surface area contributed by atoms with Crippen molar-refractivity contribution in [2.45, 2.75) is 50.4 Å². The smallest absolute Gasteiger partial charge is 0.262 e. The summed E-state index contributed by atoms with van der Waals surface area (Å²) in [5, 5.41) is 1.19. The van der Waals surface area contributed by atoms with Crippen LogP contribution in [0.5, 0.6) is 0 Å². The van der Waals surface area contributed by atoms with Gasteiger partial charge in [-0.3, -0.25) is 14.2 Å². The summed E-state index contributed by atoms with van der Waals surface area (Å²) in [5.41, 5.74) is 1.63. The molecular formula is C24H27N3O2S. The number of hydrogen-bond acceptors (Lipinski definition) is 4. The predicted octanol–water partition coefficient (Wildman–Crippen LogP) is 4.50. The third kappa shape index (κ3) is 4.15. The third-order valence-electron chi connectivity index (χ3n) is 5.89. The Hall–Kier alpha value is -2.60. The minimum Gasteiger partial charge on any atom is -0.339 e. The highest BCUT2D eigenvalue weighted by Crippen LogP contribution is 2.26. The molecule has 5 nitrogen and oxygen atoms in total. The number of fused-ring (bicyclic) bond motifs is 1. The fraction of sp³-hybridized carbons (Fsp3) is 0.375. The molecule has 1 fully saturated rings. The lowest BCUT2D eigenvalue weighted by molar-refractivity contribution is -0.131. The fourth-order valence-corrected chi connectivity index (χ4v) is 5.09. The van der Waals surface area contributed by atoms with Crippen LogP contribution < -0.4 is 5.56 Å². The molecule has 1 aliphatic heterocycles. The fourth-order valence-electron chi connectivity index (χ4n) is 4.13. The summed E-state index contributed by atoms with van der Waals surface area (Å²) >= 11 is 1.36. The van der Waals surface area contributed by atoms with Crippen LogP contribution in [0, 0.1) is 0 Å². The van der Waals surface area contributed by atoms with Crippen LogP contribution in [0.3, 0.4) is 0 Å². The van der Waals surface area contributed by atoms with E-state index in [1.807, 2.05) is 66.4 Å². The van der Waals surface area contributed by atoms with Crippen molar-refractivity contribution < 1.29 is 4.79 Å². The second-order valence-corrected chi connectivity index (χ2v) is 8.84. The number of likely N-dealkylation sites (tertiary alicyclic amines) is 1. The molecule has 2 aromatic carbocycles. The maximum Gasteiger partial charge on any atom is 0.262 e. The Morgan fingerprint density at radius 3 is 2.63 bits per heavy atom. The number of carbonyl (C=O) groups excluding carboxylic acids is 1. The topological polar surface area (TPSA) is 55.2 Å². The van der Waals surface area contributed by atoms with E-state index in [1.54, 1.807) is 4.57 Å². The summed E-state index contributed by atoms with van der Waals surface area (Å²) in [6.07, 6.45) is 3.30. The van der Waals surface area contributed by atoms with E-state index in [2.05, 4.69) is 6.92 Å². The van der Waals surface area contributed by atoms with Crippen molar-refractivity contribution in [3.05, 3.63) is 70.5 Å². The normalized spacial score (nSPS) is 17.8. The molecule has 0 saturated carbocycles. The van der Waals surface area contributed by atoms with Crippen molar-refractivity contribution in [2.75, 3.05) is 12.3 Å². The van der Waals surface area contributed by atoms with E-state index < -0.39 is 0 Å². The van der Waals surface area contributed by atoms with Crippen LogP contribution in [0.1, 0.15) is 44.7 Å². The number of amides is 1. The van der Waals surface area contributed by atoms with Gasteiger partial charge >= 0.3 is 0 Å². The number of nitrogens with zero attached hydrogens (tertiary/aromatic N) is 3. The van der Waals surface area contributed by atoms with Gasteiger partial charge in [0.15, 0.2) is 5.16 Å². The van der Waals surface area contributed by atoms with Crippen LogP contribution in [0.2, 0.25) is 0 Å². The molecule has 0 aliphatic carbocycles. The van der Waals surface area contributed by atoms with Crippen molar-refractivity contribution >= 4 is 28.6 Å². The zero-order chi connectivity index (χ0) is 21.1. The van der Waals surface area contributed by atoms with Crippen LogP contribution in [0.4, 0.5) is 0 Å². The van der Waals surface area contributed by atoms with Crippen LogP contribution in [0.25, 0.3) is 10.9 Å². The first-order valence-corrected chi connectivity index (χ1v) is 11.5. The lowest BCUT2D eigenvalue weighted by Crippen LogP contribution is -2.43. The predicted molar refractivity (Wildman–Crippen MR) is 122 cm³/mol.